The van der Waals surface area contributed by atoms with Crippen LogP contribution < -0.4 is 0 Å². The first-order chi connectivity index (χ1) is 12.5. The van der Waals surface area contributed by atoms with Gasteiger partial charge in [-0.15, -0.1) is 0 Å². The van der Waals surface area contributed by atoms with Crippen LogP contribution >= 0.6 is 0 Å². The molecule has 0 N–H and O–H groups in total. The van der Waals surface area contributed by atoms with Crippen LogP contribution in [0.2, 0.25) is 0 Å². The molecular formula is C22H31N3O. The Bertz CT molecular complexity index is 722. The van der Waals surface area contributed by atoms with Gasteiger partial charge in [-0.2, -0.15) is 0 Å². The number of nitrogens with zero attached hydrogens (tertiary/aromatic N) is 3. The van der Waals surface area contributed by atoms with Crippen LogP contribution in [0.15, 0.2) is 36.7 Å². The first-order valence-electron chi connectivity index (χ1n) is 9.86. The summed E-state index contributed by atoms with van der Waals surface area (Å²) in [6, 6.07) is 8.59. The molecule has 0 aliphatic carbocycles. The van der Waals surface area contributed by atoms with Crippen molar-refractivity contribution < 1.29 is 4.79 Å². The van der Waals surface area contributed by atoms with Crippen molar-refractivity contribution in [3.63, 3.8) is 0 Å². The molecule has 26 heavy (non-hydrogen) atoms. The second-order valence-electron chi connectivity index (χ2n) is 8.15. The molecule has 1 aliphatic rings. The van der Waals surface area contributed by atoms with E-state index >= 15 is 0 Å². The van der Waals surface area contributed by atoms with Crippen molar-refractivity contribution in [2.24, 2.45) is 5.92 Å². The molecule has 0 atom stereocenters. The highest BCUT2D eigenvalue weighted by atomic mass is 16.2. The average Bonchev–Trinajstić information content (AvgIpc) is 3.11. The average molecular weight is 354 g/mol. The zero-order chi connectivity index (χ0) is 18.7. The third-order valence-corrected chi connectivity index (χ3v) is 5.25. The van der Waals surface area contributed by atoms with Gasteiger partial charge in [0.25, 0.3) is 5.91 Å². The number of aromatic nitrogens is 2. The van der Waals surface area contributed by atoms with E-state index in [4.69, 9.17) is 0 Å². The number of piperidine rings is 1. The van der Waals surface area contributed by atoms with Crippen LogP contribution in [0.1, 0.15) is 74.2 Å². The molecule has 4 nitrogen and oxygen atoms in total. The summed E-state index contributed by atoms with van der Waals surface area (Å²) >= 11 is 0. The number of carbonyl (C=O) groups excluding carboxylic acids is 1. The van der Waals surface area contributed by atoms with Crippen molar-refractivity contribution in [3.05, 3.63) is 53.6 Å². The largest absolute Gasteiger partial charge is 0.339 e. The lowest BCUT2D eigenvalue weighted by molar-refractivity contribution is 0.0710. The van der Waals surface area contributed by atoms with E-state index in [9.17, 15) is 4.79 Å². The molecule has 1 amide bonds. The van der Waals surface area contributed by atoms with Gasteiger partial charge >= 0.3 is 0 Å². The summed E-state index contributed by atoms with van der Waals surface area (Å²) in [5.74, 6) is 2.41. The number of hydrogen-bond acceptors (Lipinski definition) is 2. The van der Waals surface area contributed by atoms with Crippen molar-refractivity contribution in [3.8, 4) is 0 Å². The van der Waals surface area contributed by atoms with Gasteiger partial charge in [0.15, 0.2) is 0 Å². The lowest BCUT2D eigenvalue weighted by atomic mass is 9.95. The van der Waals surface area contributed by atoms with Gasteiger partial charge in [-0.3, -0.25) is 4.79 Å². The van der Waals surface area contributed by atoms with Crippen LogP contribution in [-0.2, 0) is 6.42 Å². The summed E-state index contributed by atoms with van der Waals surface area (Å²) < 4.78 is 2.26. The predicted octanol–water partition coefficient (Wildman–Crippen LogP) is 4.68. The van der Waals surface area contributed by atoms with Gasteiger partial charge in [-0.1, -0.05) is 26.0 Å². The van der Waals surface area contributed by atoms with Gasteiger partial charge in [-0.05, 0) is 56.7 Å². The molecule has 0 bridgehead atoms. The van der Waals surface area contributed by atoms with Crippen LogP contribution in [0, 0.1) is 5.92 Å². The second-order valence-corrected chi connectivity index (χ2v) is 8.15. The highest BCUT2D eigenvalue weighted by Gasteiger charge is 2.27. The molecule has 1 aromatic carbocycles. The molecule has 0 unspecified atom stereocenters. The summed E-state index contributed by atoms with van der Waals surface area (Å²) in [5, 5.41) is 0. The zero-order valence-electron chi connectivity index (χ0n) is 16.5. The number of imidazole rings is 1. The molecule has 1 aliphatic heterocycles. The van der Waals surface area contributed by atoms with Crippen molar-refractivity contribution >= 4 is 5.91 Å². The quantitative estimate of drug-likeness (QED) is 0.782. The fourth-order valence-corrected chi connectivity index (χ4v) is 3.86. The molecule has 2 aromatic rings. The second kappa shape index (κ2) is 8.07. The number of amides is 1. The van der Waals surface area contributed by atoms with Gasteiger partial charge in [0.05, 0.1) is 0 Å². The number of rotatable bonds is 5. The standard InChI is InChI=1S/C22H31N3O/c1-16(2)15-18-5-7-20(8-6-18)22(26)24-12-9-19(10-13-24)21-23-11-14-25(21)17(3)4/h5-8,11,14,16-17,19H,9-10,12-13,15H2,1-4H3. The van der Waals surface area contributed by atoms with Crippen molar-refractivity contribution in [1.29, 1.82) is 0 Å². The molecule has 4 heteroatoms. The maximum atomic E-state index is 12.8. The highest BCUT2D eigenvalue weighted by Crippen LogP contribution is 2.29. The maximum absolute atomic E-state index is 12.8. The first kappa shape index (κ1) is 18.7. The first-order valence-corrected chi connectivity index (χ1v) is 9.86. The summed E-state index contributed by atoms with van der Waals surface area (Å²) in [7, 11) is 0. The van der Waals surface area contributed by atoms with Gasteiger partial charge in [0, 0.05) is 43.0 Å². The van der Waals surface area contributed by atoms with Crippen molar-refractivity contribution in [2.45, 2.75) is 58.9 Å². The Morgan fingerprint density at radius 1 is 1.12 bits per heavy atom. The van der Waals surface area contributed by atoms with Crippen LogP contribution in [-0.4, -0.2) is 33.4 Å². The molecule has 1 fully saturated rings. The molecule has 1 saturated heterocycles. The Hall–Kier alpha value is -2.10. The smallest absolute Gasteiger partial charge is 0.253 e. The van der Waals surface area contributed by atoms with Gasteiger partial charge < -0.3 is 9.47 Å². The van der Waals surface area contributed by atoms with E-state index in [1.165, 1.54) is 11.4 Å². The lowest BCUT2D eigenvalue weighted by Gasteiger charge is -2.32. The topological polar surface area (TPSA) is 38.1 Å². The Balaban J connectivity index is 1.60. The summed E-state index contributed by atoms with van der Waals surface area (Å²) in [4.78, 5) is 19.4. The minimum absolute atomic E-state index is 0.159. The van der Waals surface area contributed by atoms with Crippen LogP contribution in [0.25, 0.3) is 0 Å². The third kappa shape index (κ3) is 4.17. The van der Waals surface area contributed by atoms with Crippen LogP contribution in [0.5, 0.6) is 0 Å². The molecule has 0 spiro atoms. The minimum Gasteiger partial charge on any atom is -0.339 e. The van der Waals surface area contributed by atoms with Crippen molar-refractivity contribution in [2.75, 3.05) is 13.1 Å². The van der Waals surface area contributed by atoms with E-state index in [2.05, 4.69) is 55.6 Å². The molecule has 2 heterocycles. The van der Waals surface area contributed by atoms with E-state index in [1.54, 1.807) is 0 Å². The molecule has 1 aromatic heterocycles. The van der Waals surface area contributed by atoms with Gasteiger partial charge in [0.1, 0.15) is 5.82 Å². The fraction of sp³-hybridized carbons (Fsp3) is 0.545. The van der Waals surface area contributed by atoms with E-state index in [0.29, 0.717) is 17.9 Å². The number of likely N-dealkylation sites (tertiary alicyclic amines) is 1. The minimum atomic E-state index is 0.159. The summed E-state index contributed by atoms with van der Waals surface area (Å²) in [6.45, 7) is 10.4. The van der Waals surface area contributed by atoms with E-state index in [0.717, 1.165) is 37.9 Å². The van der Waals surface area contributed by atoms with Crippen LogP contribution in [0.4, 0.5) is 0 Å². The number of benzene rings is 1. The SMILES string of the molecule is CC(C)Cc1ccc(C(=O)N2CCC(c3nccn3C(C)C)CC2)cc1. The molecular weight excluding hydrogens is 322 g/mol. The van der Waals surface area contributed by atoms with E-state index in [1.807, 2.05) is 23.2 Å². The Morgan fingerprint density at radius 3 is 2.35 bits per heavy atom. The monoisotopic (exact) mass is 353 g/mol. The molecule has 3 rings (SSSR count). The Morgan fingerprint density at radius 2 is 1.77 bits per heavy atom. The molecule has 140 valence electrons. The lowest BCUT2D eigenvalue weighted by Crippen LogP contribution is -2.38. The van der Waals surface area contributed by atoms with Crippen molar-refractivity contribution in [1.82, 2.24) is 14.5 Å². The molecule has 0 radical (unpaired) electrons. The molecule has 0 saturated carbocycles. The van der Waals surface area contributed by atoms with E-state index in [-0.39, 0.29) is 5.91 Å². The normalized spacial score (nSPS) is 15.8. The van der Waals surface area contributed by atoms with Crippen LogP contribution in [0.3, 0.4) is 0 Å². The number of hydrogen-bond donors (Lipinski definition) is 0. The fourth-order valence-electron chi connectivity index (χ4n) is 3.86. The third-order valence-electron chi connectivity index (χ3n) is 5.25. The van der Waals surface area contributed by atoms with Gasteiger partial charge in [-0.25, -0.2) is 4.98 Å². The van der Waals surface area contributed by atoms with Gasteiger partial charge in [0.2, 0.25) is 0 Å². The van der Waals surface area contributed by atoms with E-state index < -0.39 is 0 Å². The predicted molar refractivity (Wildman–Crippen MR) is 105 cm³/mol. The Kier molecular flexibility index (Phi) is 5.80. The highest BCUT2D eigenvalue weighted by molar-refractivity contribution is 5.94. The summed E-state index contributed by atoms with van der Waals surface area (Å²) in [6.07, 6.45) is 6.99. The summed E-state index contributed by atoms with van der Waals surface area (Å²) in [5.41, 5.74) is 2.11. The number of carbonyl (C=O) groups is 1. The Labute approximate surface area is 157 Å². The zero-order valence-corrected chi connectivity index (χ0v) is 16.5. The maximum Gasteiger partial charge on any atom is 0.253 e.